The summed E-state index contributed by atoms with van der Waals surface area (Å²) in [5.74, 6) is 0. The molecule has 20 heavy (non-hydrogen) atoms. The Kier molecular flexibility index (Phi) is 5.60. The van der Waals surface area contributed by atoms with E-state index in [9.17, 15) is 8.42 Å². The fraction of sp³-hybridized carbons (Fsp3) is 0.571. The summed E-state index contributed by atoms with van der Waals surface area (Å²) in [4.78, 5) is 0.340. The predicted molar refractivity (Wildman–Crippen MR) is 82.3 cm³/mol. The maximum atomic E-state index is 12.7. The van der Waals surface area contributed by atoms with Crippen molar-refractivity contribution in [3.05, 3.63) is 29.8 Å². The van der Waals surface area contributed by atoms with Crippen molar-refractivity contribution in [2.24, 2.45) is 0 Å². The van der Waals surface area contributed by atoms with Gasteiger partial charge in [0.1, 0.15) is 0 Å². The number of alkyl halides is 1. The molecule has 2 rings (SSSR count). The van der Waals surface area contributed by atoms with Crippen LogP contribution in [0.3, 0.4) is 0 Å². The van der Waals surface area contributed by atoms with Gasteiger partial charge in [0, 0.05) is 24.5 Å². The number of piperidine rings is 1. The fourth-order valence-electron chi connectivity index (χ4n) is 2.61. The Bertz CT molecular complexity index is 528. The number of halogens is 1. The molecule has 6 heteroatoms. The SMILES string of the molecule is O=S(=O)(c1ccc(CBr)cc1)N1CCCCC1CCO. The molecule has 1 fully saturated rings. The molecule has 1 atom stereocenters. The summed E-state index contributed by atoms with van der Waals surface area (Å²) in [6.07, 6.45) is 3.26. The van der Waals surface area contributed by atoms with Crippen LogP contribution in [-0.4, -0.2) is 37.0 Å². The Morgan fingerprint density at radius 3 is 2.55 bits per heavy atom. The molecule has 0 spiro atoms. The van der Waals surface area contributed by atoms with Gasteiger partial charge >= 0.3 is 0 Å². The molecule has 0 bridgehead atoms. The van der Waals surface area contributed by atoms with E-state index in [1.807, 2.05) is 12.1 Å². The molecule has 1 unspecified atom stereocenters. The molecule has 1 aliphatic heterocycles. The molecule has 1 aliphatic rings. The Labute approximate surface area is 129 Å². The number of hydrogen-bond donors (Lipinski definition) is 1. The van der Waals surface area contributed by atoms with E-state index in [-0.39, 0.29) is 12.6 Å². The second-order valence-electron chi connectivity index (χ2n) is 5.06. The third kappa shape index (κ3) is 3.42. The van der Waals surface area contributed by atoms with Crippen molar-refractivity contribution in [1.29, 1.82) is 0 Å². The van der Waals surface area contributed by atoms with Crippen LogP contribution < -0.4 is 0 Å². The zero-order chi connectivity index (χ0) is 14.6. The van der Waals surface area contributed by atoms with E-state index in [1.54, 1.807) is 16.4 Å². The summed E-state index contributed by atoms with van der Waals surface area (Å²) in [5, 5.41) is 9.83. The lowest BCUT2D eigenvalue weighted by Crippen LogP contribution is -2.44. The molecule has 0 radical (unpaired) electrons. The second-order valence-corrected chi connectivity index (χ2v) is 7.51. The maximum absolute atomic E-state index is 12.7. The van der Waals surface area contributed by atoms with Crippen LogP contribution >= 0.6 is 15.9 Å². The topological polar surface area (TPSA) is 57.6 Å². The lowest BCUT2D eigenvalue weighted by Gasteiger charge is -2.34. The molecule has 112 valence electrons. The molecule has 0 saturated carbocycles. The van der Waals surface area contributed by atoms with Crippen LogP contribution in [0.25, 0.3) is 0 Å². The van der Waals surface area contributed by atoms with Crippen LogP contribution in [0.15, 0.2) is 29.2 Å². The average molecular weight is 362 g/mol. The first-order chi connectivity index (χ1) is 9.59. The van der Waals surface area contributed by atoms with Gasteiger partial charge in [0.15, 0.2) is 0 Å². The summed E-state index contributed by atoms with van der Waals surface area (Å²) in [5.41, 5.74) is 1.05. The van der Waals surface area contributed by atoms with Crippen LogP contribution in [0, 0.1) is 0 Å². The first-order valence-electron chi connectivity index (χ1n) is 6.87. The second kappa shape index (κ2) is 7.02. The molecule has 4 nitrogen and oxygen atoms in total. The third-order valence-corrected chi connectivity index (χ3v) is 6.33. The molecule has 0 amide bonds. The molecule has 1 N–H and O–H groups in total. The largest absolute Gasteiger partial charge is 0.396 e. The zero-order valence-corrected chi connectivity index (χ0v) is 13.7. The minimum absolute atomic E-state index is 0.0270. The number of nitrogens with zero attached hydrogens (tertiary/aromatic N) is 1. The van der Waals surface area contributed by atoms with Gasteiger partial charge in [0.05, 0.1) is 4.90 Å². The van der Waals surface area contributed by atoms with Gasteiger partial charge in [0.25, 0.3) is 0 Å². The van der Waals surface area contributed by atoms with Crippen molar-refractivity contribution in [2.75, 3.05) is 13.2 Å². The van der Waals surface area contributed by atoms with Gasteiger partial charge in [-0.3, -0.25) is 0 Å². The van der Waals surface area contributed by atoms with Gasteiger partial charge < -0.3 is 5.11 Å². The number of sulfonamides is 1. The van der Waals surface area contributed by atoms with Crippen LogP contribution in [0.2, 0.25) is 0 Å². The standard InChI is InChI=1S/C14H20BrNO3S/c15-11-12-4-6-14(7-5-12)20(18,19)16-9-2-1-3-13(16)8-10-17/h4-7,13,17H,1-3,8-11H2. The average Bonchev–Trinajstić information content (AvgIpc) is 2.48. The number of aliphatic hydroxyl groups is 1. The Balaban J connectivity index is 2.26. The van der Waals surface area contributed by atoms with Crippen LogP contribution in [-0.2, 0) is 15.4 Å². The molecule has 1 heterocycles. The lowest BCUT2D eigenvalue weighted by atomic mass is 10.0. The van der Waals surface area contributed by atoms with Crippen LogP contribution in [0.4, 0.5) is 0 Å². The summed E-state index contributed by atoms with van der Waals surface area (Å²) in [6.45, 7) is 0.576. The number of aliphatic hydroxyl groups excluding tert-OH is 1. The molecular weight excluding hydrogens is 342 g/mol. The predicted octanol–water partition coefficient (Wildman–Crippen LogP) is 2.51. The van der Waals surface area contributed by atoms with E-state index in [0.717, 1.165) is 24.8 Å². The van der Waals surface area contributed by atoms with Gasteiger partial charge in [0.2, 0.25) is 10.0 Å². The quantitative estimate of drug-likeness (QED) is 0.819. The monoisotopic (exact) mass is 361 g/mol. The summed E-state index contributed by atoms with van der Waals surface area (Å²) in [7, 11) is -3.45. The van der Waals surface area contributed by atoms with Crippen molar-refractivity contribution in [2.45, 2.75) is 42.0 Å². The van der Waals surface area contributed by atoms with Crippen molar-refractivity contribution in [3.63, 3.8) is 0 Å². The third-order valence-electron chi connectivity index (χ3n) is 3.72. The van der Waals surface area contributed by atoms with Crippen molar-refractivity contribution < 1.29 is 13.5 Å². The van der Waals surface area contributed by atoms with Gasteiger partial charge in [-0.1, -0.05) is 34.5 Å². The molecule has 0 aromatic heterocycles. The van der Waals surface area contributed by atoms with E-state index in [2.05, 4.69) is 15.9 Å². The van der Waals surface area contributed by atoms with E-state index in [4.69, 9.17) is 5.11 Å². The molecule has 0 aliphatic carbocycles. The number of benzene rings is 1. The highest BCUT2D eigenvalue weighted by Gasteiger charge is 2.32. The number of hydrogen-bond acceptors (Lipinski definition) is 3. The van der Waals surface area contributed by atoms with Gasteiger partial charge in [-0.25, -0.2) is 8.42 Å². The minimum atomic E-state index is -3.45. The first-order valence-corrected chi connectivity index (χ1v) is 9.43. The van der Waals surface area contributed by atoms with E-state index < -0.39 is 10.0 Å². The van der Waals surface area contributed by atoms with E-state index >= 15 is 0 Å². The molecule has 1 saturated heterocycles. The fourth-order valence-corrected chi connectivity index (χ4v) is 4.71. The van der Waals surface area contributed by atoms with Crippen molar-refractivity contribution in [1.82, 2.24) is 4.31 Å². The van der Waals surface area contributed by atoms with Crippen molar-refractivity contribution >= 4 is 26.0 Å². The first kappa shape index (κ1) is 15.9. The normalized spacial score (nSPS) is 21.0. The van der Waals surface area contributed by atoms with Crippen LogP contribution in [0.1, 0.15) is 31.2 Å². The van der Waals surface area contributed by atoms with Gasteiger partial charge in [-0.05, 0) is 37.0 Å². The number of rotatable bonds is 5. The molecule has 1 aromatic carbocycles. The summed E-state index contributed by atoms with van der Waals surface area (Å²) < 4.78 is 27.0. The highest BCUT2D eigenvalue weighted by atomic mass is 79.9. The van der Waals surface area contributed by atoms with Gasteiger partial charge in [-0.15, -0.1) is 0 Å². The highest BCUT2D eigenvalue weighted by Crippen LogP contribution is 2.27. The Hall–Kier alpha value is -0.430. The smallest absolute Gasteiger partial charge is 0.243 e. The minimum Gasteiger partial charge on any atom is -0.396 e. The van der Waals surface area contributed by atoms with Crippen molar-refractivity contribution in [3.8, 4) is 0 Å². The summed E-state index contributed by atoms with van der Waals surface area (Å²) >= 11 is 3.35. The van der Waals surface area contributed by atoms with Gasteiger partial charge in [-0.2, -0.15) is 4.31 Å². The lowest BCUT2D eigenvalue weighted by molar-refractivity contribution is 0.192. The molecular formula is C14H20BrNO3S. The van der Waals surface area contributed by atoms with Crippen LogP contribution in [0.5, 0.6) is 0 Å². The molecule has 1 aromatic rings. The summed E-state index contributed by atoms with van der Waals surface area (Å²) in [6, 6.07) is 6.90. The Morgan fingerprint density at radius 1 is 1.25 bits per heavy atom. The van der Waals surface area contributed by atoms with E-state index in [1.165, 1.54) is 0 Å². The van der Waals surface area contributed by atoms with E-state index in [0.29, 0.717) is 23.2 Å². The Morgan fingerprint density at radius 2 is 1.95 bits per heavy atom. The zero-order valence-electron chi connectivity index (χ0n) is 11.3. The highest BCUT2D eigenvalue weighted by molar-refractivity contribution is 9.08. The maximum Gasteiger partial charge on any atom is 0.243 e.